The van der Waals surface area contributed by atoms with Crippen LogP contribution in [0, 0.1) is 23.2 Å². The van der Waals surface area contributed by atoms with Gasteiger partial charge in [0.25, 0.3) is 0 Å². The van der Waals surface area contributed by atoms with E-state index in [0.717, 1.165) is 17.8 Å². The van der Waals surface area contributed by atoms with Gasteiger partial charge >= 0.3 is 0 Å². The zero-order valence-electron chi connectivity index (χ0n) is 16.0. The molecule has 0 spiro atoms. The van der Waals surface area contributed by atoms with E-state index in [1.807, 2.05) is 0 Å². The molecule has 0 saturated heterocycles. The first kappa shape index (κ1) is 19.0. The van der Waals surface area contributed by atoms with Gasteiger partial charge in [-0.3, -0.25) is 0 Å². The highest BCUT2D eigenvalue weighted by Crippen LogP contribution is 2.48. The molecule has 0 aromatic carbocycles. The number of rotatable bonds is 4. The predicted molar refractivity (Wildman–Crippen MR) is 102 cm³/mol. The Kier molecular flexibility index (Phi) is 7.66. The molecule has 1 heteroatoms. The summed E-state index contributed by atoms with van der Waals surface area (Å²) >= 11 is 0. The van der Waals surface area contributed by atoms with Crippen molar-refractivity contribution in [3.63, 3.8) is 0 Å². The molecule has 5 atom stereocenters. The molecule has 2 aliphatic carbocycles. The van der Waals surface area contributed by atoms with Gasteiger partial charge in [0, 0.05) is 6.04 Å². The summed E-state index contributed by atoms with van der Waals surface area (Å²) in [4.78, 5) is 0. The standard InChI is InChI=1S/C22H41N/c1-4-6-14-22(3)15-13-19-16-18(10-5-2)11-8-7-9-12-21(23)20(19)17-22/h4,6,18-21H,5,7-17,23H2,1-3H3/b6-4+. The average molecular weight is 320 g/mol. The lowest BCUT2D eigenvalue weighted by Gasteiger charge is -2.46. The maximum Gasteiger partial charge on any atom is 0.00700 e. The van der Waals surface area contributed by atoms with Crippen LogP contribution in [0.25, 0.3) is 0 Å². The van der Waals surface area contributed by atoms with Crippen molar-refractivity contribution < 1.29 is 0 Å². The van der Waals surface area contributed by atoms with E-state index in [2.05, 4.69) is 32.9 Å². The molecule has 1 nitrogen and oxygen atoms in total. The fourth-order valence-electron chi connectivity index (χ4n) is 5.39. The van der Waals surface area contributed by atoms with Crippen LogP contribution < -0.4 is 5.73 Å². The van der Waals surface area contributed by atoms with Gasteiger partial charge in [0.1, 0.15) is 0 Å². The minimum atomic E-state index is 0.450. The van der Waals surface area contributed by atoms with E-state index in [0.29, 0.717) is 11.5 Å². The first-order valence-corrected chi connectivity index (χ1v) is 10.4. The second kappa shape index (κ2) is 9.25. The summed E-state index contributed by atoms with van der Waals surface area (Å²) in [5.74, 6) is 2.65. The second-order valence-corrected chi connectivity index (χ2v) is 8.94. The maximum atomic E-state index is 6.73. The van der Waals surface area contributed by atoms with Gasteiger partial charge in [0.05, 0.1) is 0 Å². The number of nitrogens with two attached hydrogens (primary N) is 1. The third-order valence-electron chi connectivity index (χ3n) is 6.83. The Morgan fingerprint density at radius 2 is 1.91 bits per heavy atom. The van der Waals surface area contributed by atoms with E-state index in [1.165, 1.54) is 77.0 Å². The van der Waals surface area contributed by atoms with E-state index in [4.69, 9.17) is 5.73 Å². The molecule has 134 valence electrons. The maximum absolute atomic E-state index is 6.73. The molecule has 0 bridgehead atoms. The normalized spacial score (nSPS) is 40.0. The van der Waals surface area contributed by atoms with Crippen molar-refractivity contribution in [1.82, 2.24) is 0 Å². The lowest BCUT2D eigenvalue weighted by molar-refractivity contribution is 0.0647. The highest BCUT2D eigenvalue weighted by atomic mass is 14.7. The quantitative estimate of drug-likeness (QED) is 0.590. The largest absolute Gasteiger partial charge is 0.327 e. The molecule has 0 heterocycles. The Labute approximate surface area is 145 Å². The van der Waals surface area contributed by atoms with E-state index >= 15 is 0 Å². The van der Waals surface area contributed by atoms with Crippen molar-refractivity contribution in [2.75, 3.05) is 0 Å². The first-order chi connectivity index (χ1) is 11.1. The summed E-state index contributed by atoms with van der Waals surface area (Å²) in [6.07, 6.45) is 21.2. The van der Waals surface area contributed by atoms with E-state index in [1.54, 1.807) is 0 Å². The van der Waals surface area contributed by atoms with Gasteiger partial charge in [-0.2, -0.15) is 0 Å². The number of fused-ring (bicyclic) bond motifs is 1. The molecule has 2 aliphatic rings. The Hall–Kier alpha value is -0.300. The minimum Gasteiger partial charge on any atom is -0.327 e. The fourth-order valence-corrected chi connectivity index (χ4v) is 5.39. The van der Waals surface area contributed by atoms with Crippen LogP contribution in [0.4, 0.5) is 0 Å². The van der Waals surface area contributed by atoms with Gasteiger partial charge < -0.3 is 5.73 Å². The highest BCUT2D eigenvalue weighted by molar-refractivity contribution is 4.96. The summed E-state index contributed by atoms with van der Waals surface area (Å²) in [7, 11) is 0. The van der Waals surface area contributed by atoms with Crippen molar-refractivity contribution in [1.29, 1.82) is 0 Å². The Bertz CT molecular complexity index is 361. The molecule has 0 aromatic heterocycles. The third-order valence-corrected chi connectivity index (χ3v) is 6.83. The van der Waals surface area contributed by atoms with Crippen LogP contribution in [0.3, 0.4) is 0 Å². The Morgan fingerprint density at radius 1 is 1.13 bits per heavy atom. The second-order valence-electron chi connectivity index (χ2n) is 8.94. The molecular formula is C22H41N. The lowest BCUT2D eigenvalue weighted by Crippen LogP contribution is -2.43. The van der Waals surface area contributed by atoms with Crippen molar-refractivity contribution in [2.45, 2.75) is 104 Å². The molecule has 0 radical (unpaired) electrons. The van der Waals surface area contributed by atoms with Crippen LogP contribution in [0.15, 0.2) is 12.2 Å². The Morgan fingerprint density at radius 3 is 2.65 bits per heavy atom. The van der Waals surface area contributed by atoms with Crippen molar-refractivity contribution >= 4 is 0 Å². The van der Waals surface area contributed by atoms with Crippen LogP contribution in [0.1, 0.15) is 97.8 Å². The van der Waals surface area contributed by atoms with Gasteiger partial charge in [0.15, 0.2) is 0 Å². The summed E-state index contributed by atoms with van der Waals surface area (Å²) in [5.41, 5.74) is 7.23. The van der Waals surface area contributed by atoms with Crippen LogP contribution in [0.5, 0.6) is 0 Å². The smallest absolute Gasteiger partial charge is 0.00700 e. The molecule has 2 saturated carbocycles. The highest BCUT2D eigenvalue weighted by Gasteiger charge is 2.40. The molecule has 5 unspecified atom stereocenters. The van der Waals surface area contributed by atoms with Gasteiger partial charge in [0.2, 0.25) is 0 Å². The van der Waals surface area contributed by atoms with Crippen LogP contribution in [-0.2, 0) is 0 Å². The van der Waals surface area contributed by atoms with E-state index in [-0.39, 0.29) is 0 Å². The Balaban J connectivity index is 2.08. The molecule has 2 fully saturated rings. The van der Waals surface area contributed by atoms with Crippen molar-refractivity contribution in [3.05, 3.63) is 12.2 Å². The SMILES string of the molecule is C/C=C/CC1(C)CCC2CC(CCC)CCCCCC(N)C2C1. The predicted octanol–water partition coefficient (Wildman–Crippen LogP) is 6.47. The molecule has 2 N–H and O–H groups in total. The summed E-state index contributed by atoms with van der Waals surface area (Å²) < 4.78 is 0. The third kappa shape index (κ3) is 5.62. The fraction of sp³-hybridized carbons (Fsp3) is 0.909. The monoisotopic (exact) mass is 319 g/mol. The van der Waals surface area contributed by atoms with Gasteiger partial charge in [-0.25, -0.2) is 0 Å². The van der Waals surface area contributed by atoms with Gasteiger partial charge in [-0.15, -0.1) is 0 Å². The zero-order chi connectivity index (χ0) is 16.7. The molecule has 23 heavy (non-hydrogen) atoms. The molecule has 0 aromatic rings. The molecule has 0 amide bonds. The topological polar surface area (TPSA) is 26.0 Å². The van der Waals surface area contributed by atoms with Crippen molar-refractivity contribution in [2.24, 2.45) is 28.9 Å². The van der Waals surface area contributed by atoms with Crippen LogP contribution >= 0.6 is 0 Å². The molecular weight excluding hydrogens is 278 g/mol. The number of hydrogen-bond acceptors (Lipinski definition) is 1. The van der Waals surface area contributed by atoms with Crippen molar-refractivity contribution in [3.8, 4) is 0 Å². The molecule has 0 aliphatic heterocycles. The van der Waals surface area contributed by atoms with Gasteiger partial charge in [-0.05, 0) is 68.6 Å². The molecule has 2 rings (SSSR count). The van der Waals surface area contributed by atoms with Crippen LogP contribution in [0.2, 0.25) is 0 Å². The summed E-state index contributed by atoms with van der Waals surface area (Å²) in [5, 5.41) is 0. The minimum absolute atomic E-state index is 0.450. The number of allylic oxidation sites excluding steroid dienone is 2. The first-order valence-electron chi connectivity index (χ1n) is 10.4. The van der Waals surface area contributed by atoms with Crippen LogP contribution in [-0.4, -0.2) is 6.04 Å². The summed E-state index contributed by atoms with van der Waals surface area (Å²) in [6.45, 7) is 7.02. The number of hydrogen-bond donors (Lipinski definition) is 1. The van der Waals surface area contributed by atoms with Gasteiger partial charge in [-0.1, -0.05) is 64.5 Å². The average Bonchev–Trinajstić information content (AvgIpc) is 2.54. The summed E-state index contributed by atoms with van der Waals surface area (Å²) in [6, 6.07) is 0.450. The lowest BCUT2D eigenvalue weighted by atomic mass is 9.60. The zero-order valence-corrected chi connectivity index (χ0v) is 16.0. The van der Waals surface area contributed by atoms with E-state index in [9.17, 15) is 0 Å². The van der Waals surface area contributed by atoms with E-state index < -0.39 is 0 Å².